The average molecular weight is 297 g/mol. The minimum atomic E-state index is -0.773. The van der Waals surface area contributed by atoms with Gasteiger partial charge in [-0.2, -0.15) is 0 Å². The van der Waals surface area contributed by atoms with Crippen molar-refractivity contribution in [2.75, 3.05) is 13.7 Å². The van der Waals surface area contributed by atoms with Crippen molar-refractivity contribution in [2.45, 2.75) is 12.6 Å². The quantitative estimate of drug-likeness (QED) is 0.865. The van der Waals surface area contributed by atoms with Gasteiger partial charge in [-0.15, -0.1) is 12.4 Å². The van der Waals surface area contributed by atoms with Gasteiger partial charge >= 0.3 is 0 Å². The highest BCUT2D eigenvalue weighted by Gasteiger charge is 2.14. The number of benzene rings is 1. The lowest BCUT2D eigenvalue weighted by Crippen LogP contribution is -2.43. The van der Waals surface area contributed by atoms with Crippen LogP contribution in [-0.2, 0) is 16.1 Å². The predicted octanol–water partition coefficient (Wildman–Crippen LogP) is 1.49. The van der Waals surface area contributed by atoms with Crippen molar-refractivity contribution in [3.63, 3.8) is 0 Å². The molecule has 1 aromatic carbocycles. The van der Waals surface area contributed by atoms with Crippen LogP contribution in [0.5, 0.6) is 0 Å². The first-order valence-electron chi connectivity index (χ1n) is 5.01. The van der Waals surface area contributed by atoms with Crippen molar-refractivity contribution in [3.8, 4) is 0 Å². The van der Waals surface area contributed by atoms with E-state index in [1.807, 2.05) is 0 Å². The van der Waals surface area contributed by atoms with Crippen LogP contribution < -0.4 is 11.1 Å². The Morgan fingerprint density at radius 3 is 2.83 bits per heavy atom. The van der Waals surface area contributed by atoms with E-state index < -0.39 is 17.8 Å². The second-order valence-electron chi connectivity index (χ2n) is 3.48. The number of hydrogen-bond donors (Lipinski definition) is 2. The normalized spacial score (nSPS) is 11.6. The molecule has 1 amide bonds. The Bertz CT molecular complexity index is 384. The molecule has 0 saturated heterocycles. The minimum Gasteiger partial charge on any atom is -0.383 e. The Balaban J connectivity index is 0.00000289. The standard InChI is InChI=1S/C11H14ClFN2O2.ClH/c1-17-6-10(14)11(16)15-5-7-8(12)3-2-4-9(7)13;/h2-4,10H,5-6,14H2,1H3,(H,15,16);1H. The highest BCUT2D eigenvalue weighted by atomic mass is 35.5. The molecule has 0 aliphatic carbocycles. The number of hydrogen-bond acceptors (Lipinski definition) is 3. The van der Waals surface area contributed by atoms with Crippen LogP contribution in [0.4, 0.5) is 4.39 Å². The van der Waals surface area contributed by atoms with E-state index in [9.17, 15) is 9.18 Å². The van der Waals surface area contributed by atoms with Gasteiger partial charge in [-0.3, -0.25) is 4.79 Å². The molecule has 0 aromatic heterocycles. The van der Waals surface area contributed by atoms with Gasteiger partial charge in [0.05, 0.1) is 6.61 Å². The summed E-state index contributed by atoms with van der Waals surface area (Å²) in [5.41, 5.74) is 5.75. The van der Waals surface area contributed by atoms with Crippen molar-refractivity contribution in [3.05, 3.63) is 34.6 Å². The Kier molecular flexibility index (Phi) is 7.86. The molecule has 0 radical (unpaired) electrons. The lowest BCUT2D eigenvalue weighted by molar-refractivity contribution is -0.123. The molecule has 1 atom stereocenters. The maximum Gasteiger partial charge on any atom is 0.239 e. The summed E-state index contributed by atoms with van der Waals surface area (Å²) in [5.74, 6) is -0.871. The highest BCUT2D eigenvalue weighted by molar-refractivity contribution is 6.31. The molecule has 1 unspecified atom stereocenters. The Hall–Kier alpha value is -0.880. The predicted molar refractivity (Wildman–Crippen MR) is 70.4 cm³/mol. The molecule has 0 aliphatic rings. The van der Waals surface area contributed by atoms with Gasteiger partial charge < -0.3 is 15.8 Å². The first-order chi connectivity index (χ1) is 8.06. The van der Waals surface area contributed by atoms with Gasteiger partial charge in [0.15, 0.2) is 0 Å². The first kappa shape index (κ1) is 17.1. The van der Waals surface area contributed by atoms with Crippen molar-refractivity contribution in [1.82, 2.24) is 5.32 Å². The second-order valence-corrected chi connectivity index (χ2v) is 3.89. The molecule has 1 rings (SSSR count). The molecule has 18 heavy (non-hydrogen) atoms. The van der Waals surface area contributed by atoms with Gasteiger partial charge in [-0.1, -0.05) is 17.7 Å². The lowest BCUT2D eigenvalue weighted by Gasteiger charge is -2.12. The third-order valence-electron chi connectivity index (χ3n) is 2.18. The number of methoxy groups -OCH3 is 1. The number of nitrogens with two attached hydrogens (primary N) is 1. The van der Waals surface area contributed by atoms with Crippen LogP contribution in [0.25, 0.3) is 0 Å². The van der Waals surface area contributed by atoms with E-state index in [1.165, 1.54) is 19.2 Å². The summed E-state index contributed by atoms with van der Waals surface area (Å²) in [7, 11) is 1.45. The summed E-state index contributed by atoms with van der Waals surface area (Å²) in [6, 6.07) is 3.56. The fourth-order valence-corrected chi connectivity index (χ4v) is 1.49. The maximum atomic E-state index is 13.4. The van der Waals surface area contributed by atoms with Gasteiger partial charge in [0, 0.05) is 24.2 Å². The molecule has 4 nitrogen and oxygen atoms in total. The molecule has 0 spiro atoms. The van der Waals surface area contributed by atoms with Crippen molar-refractivity contribution in [2.24, 2.45) is 5.73 Å². The summed E-state index contributed by atoms with van der Waals surface area (Å²) in [6.07, 6.45) is 0. The SMILES string of the molecule is COCC(N)C(=O)NCc1c(F)cccc1Cl.Cl. The molecule has 0 fully saturated rings. The third-order valence-corrected chi connectivity index (χ3v) is 2.54. The van der Waals surface area contributed by atoms with Crippen LogP contribution in [0.3, 0.4) is 0 Å². The van der Waals surface area contributed by atoms with Crippen molar-refractivity contribution >= 4 is 29.9 Å². The summed E-state index contributed by atoms with van der Waals surface area (Å²) < 4.78 is 18.1. The largest absolute Gasteiger partial charge is 0.383 e. The topological polar surface area (TPSA) is 64.3 Å². The van der Waals surface area contributed by atoms with E-state index in [0.717, 1.165) is 0 Å². The second kappa shape index (κ2) is 8.26. The van der Waals surface area contributed by atoms with Crippen LogP contribution in [0.2, 0.25) is 5.02 Å². The van der Waals surface area contributed by atoms with Crippen molar-refractivity contribution in [1.29, 1.82) is 0 Å². The number of rotatable bonds is 5. The van der Waals surface area contributed by atoms with E-state index in [0.29, 0.717) is 0 Å². The molecule has 0 saturated carbocycles. The molecule has 1 aromatic rings. The van der Waals surface area contributed by atoms with Gasteiger partial charge in [-0.25, -0.2) is 4.39 Å². The fraction of sp³-hybridized carbons (Fsp3) is 0.364. The molecular formula is C11H15Cl2FN2O2. The Morgan fingerprint density at radius 2 is 2.28 bits per heavy atom. The summed E-state index contributed by atoms with van der Waals surface area (Å²) >= 11 is 5.81. The van der Waals surface area contributed by atoms with E-state index >= 15 is 0 Å². The number of halogens is 3. The average Bonchev–Trinajstić information content (AvgIpc) is 2.28. The van der Waals surface area contributed by atoms with Crippen molar-refractivity contribution < 1.29 is 13.9 Å². The van der Waals surface area contributed by atoms with Gasteiger partial charge in [-0.05, 0) is 12.1 Å². The van der Waals surface area contributed by atoms with Crippen LogP contribution in [0.15, 0.2) is 18.2 Å². The highest BCUT2D eigenvalue weighted by Crippen LogP contribution is 2.18. The van der Waals surface area contributed by atoms with E-state index in [1.54, 1.807) is 6.07 Å². The molecular weight excluding hydrogens is 282 g/mol. The molecule has 0 bridgehead atoms. The van der Waals surface area contributed by atoms with E-state index in [-0.39, 0.29) is 36.1 Å². The van der Waals surface area contributed by atoms with Crippen LogP contribution in [0, 0.1) is 5.82 Å². The Labute approximate surface area is 116 Å². The fourth-order valence-electron chi connectivity index (χ4n) is 1.26. The number of amides is 1. The monoisotopic (exact) mass is 296 g/mol. The van der Waals surface area contributed by atoms with Crippen LogP contribution in [0.1, 0.15) is 5.56 Å². The zero-order valence-electron chi connectivity index (χ0n) is 9.78. The lowest BCUT2D eigenvalue weighted by atomic mass is 10.2. The van der Waals surface area contributed by atoms with E-state index in [4.69, 9.17) is 22.1 Å². The van der Waals surface area contributed by atoms with Gasteiger partial charge in [0.25, 0.3) is 0 Å². The number of carbonyl (C=O) groups is 1. The zero-order chi connectivity index (χ0) is 12.8. The van der Waals surface area contributed by atoms with Gasteiger partial charge in [0.2, 0.25) is 5.91 Å². The number of nitrogens with one attached hydrogen (secondary N) is 1. The summed E-state index contributed by atoms with van der Waals surface area (Å²) in [6.45, 7) is 0.110. The number of carbonyl (C=O) groups excluding carboxylic acids is 1. The van der Waals surface area contributed by atoms with Crippen LogP contribution >= 0.6 is 24.0 Å². The summed E-state index contributed by atoms with van der Waals surface area (Å²) in [4.78, 5) is 11.4. The molecule has 0 aliphatic heterocycles. The molecule has 3 N–H and O–H groups in total. The zero-order valence-corrected chi connectivity index (χ0v) is 11.4. The number of ether oxygens (including phenoxy) is 1. The third kappa shape index (κ3) is 4.78. The van der Waals surface area contributed by atoms with E-state index in [2.05, 4.69) is 5.32 Å². The van der Waals surface area contributed by atoms with Crippen LogP contribution in [-0.4, -0.2) is 25.7 Å². The molecule has 102 valence electrons. The maximum absolute atomic E-state index is 13.4. The first-order valence-corrected chi connectivity index (χ1v) is 5.39. The Morgan fingerprint density at radius 1 is 1.61 bits per heavy atom. The van der Waals surface area contributed by atoms with Gasteiger partial charge in [0.1, 0.15) is 11.9 Å². The molecule has 7 heteroatoms. The smallest absolute Gasteiger partial charge is 0.239 e. The minimum absolute atomic E-state index is 0. The molecule has 0 heterocycles. The summed E-state index contributed by atoms with van der Waals surface area (Å²) in [5, 5.41) is 2.77.